The number of anilines is 1. The number of hydrogen-bond donors (Lipinski definition) is 1. The number of sulfone groups is 1. The van der Waals surface area contributed by atoms with Crippen LogP contribution in [0.5, 0.6) is 0 Å². The van der Waals surface area contributed by atoms with Gasteiger partial charge < -0.3 is 5.32 Å². The molecule has 1 atom stereocenters. The second-order valence-electron chi connectivity index (χ2n) is 4.27. The second kappa shape index (κ2) is 4.27. The number of nitrogens with zero attached hydrogens (tertiary/aromatic N) is 2. The Bertz CT molecular complexity index is 768. The predicted octanol–water partition coefficient (Wildman–Crippen LogP) is 1.49. The monoisotopic (exact) mass is 279 g/mol. The molecule has 1 aliphatic heterocycles. The van der Waals surface area contributed by atoms with Crippen LogP contribution < -0.4 is 5.32 Å². The normalized spacial score (nSPS) is 20.8. The molecule has 0 bridgehead atoms. The lowest BCUT2D eigenvalue weighted by atomic mass is 10.2. The molecule has 19 heavy (non-hydrogen) atoms. The zero-order valence-electron chi connectivity index (χ0n) is 9.75. The van der Waals surface area contributed by atoms with Gasteiger partial charge in [0.2, 0.25) is 0 Å². The topological polar surface area (TPSA) is 72.0 Å². The van der Waals surface area contributed by atoms with Crippen molar-refractivity contribution in [1.29, 1.82) is 0 Å². The van der Waals surface area contributed by atoms with E-state index in [0.29, 0.717) is 11.3 Å². The van der Waals surface area contributed by atoms with Gasteiger partial charge in [-0.25, -0.2) is 22.8 Å². The van der Waals surface area contributed by atoms with Gasteiger partial charge in [0.15, 0.2) is 9.84 Å². The van der Waals surface area contributed by atoms with Crippen molar-refractivity contribution in [3.05, 3.63) is 41.8 Å². The Labute approximate surface area is 109 Å². The Morgan fingerprint density at radius 1 is 1.32 bits per heavy atom. The number of rotatable bonds is 2. The third kappa shape index (κ3) is 2.28. The molecule has 2 heterocycles. The Morgan fingerprint density at radius 3 is 2.89 bits per heavy atom. The fourth-order valence-corrected chi connectivity index (χ4v) is 3.25. The Kier molecular flexibility index (Phi) is 2.70. The van der Waals surface area contributed by atoms with Crippen LogP contribution in [-0.4, -0.2) is 30.2 Å². The lowest BCUT2D eigenvalue weighted by molar-refractivity contribution is 0.605. The highest BCUT2D eigenvalue weighted by atomic mass is 32.2. The number of nitrogens with one attached hydrogen (secondary N) is 1. The lowest BCUT2D eigenvalue weighted by Crippen LogP contribution is -2.21. The zero-order chi connectivity index (χ0) is 13.5. The van der Waals surface area contributed by atoms with E-state index >= 15 is 0 Å². The molecule has 7 heteroatoms. The molecule has 1 N–H and O–H groups in total. The zero-order valence-corrected chi connectivity index (χ0v) is 10.6. The first-order valence-electron chi connectivity index (χ1n) is 5.62. The molecular weight excluding hydrogens is 269 g/mol. The third-order valence-electron chi connectivity index (χ3n) is 2.86. The number of hydrogen-bond acceptors (Lipinski definition) is 5. The first-order valence-corrected chi connectivity index (χ1v) is 7.33. The maximum atomic E-state index is 13.8. The summed E-state index contributed by atoms with van der Waals surface area (Å²) in [6.07, 6.45) is 2.85. The Balaban J connectivity index is 2.00. The van der Waals surface area contributed by atoms with Crippen molar-refractivity contribution in [2.45, 2.75) is 6.04 Å². The van der Waals surface area contributed by atoms with E-state index in [1.807, 2.05) is 0 Å². The van der Waals surface area contributed by atoms with Gasteiger partial charge in [-0.15, -0.1) is 0 Å². The summed E-state index contributed by atoms with van der Waals surface area (Å²) in [5, 5.41) is 4.35. The van der Waals surface area contributed by atoms with Crippen LogP contribution in [0.3, 0.4) is 0 Å². The van der Waals surface area contributed by atoms with Gasteiger partial charge in [0.05, 0.1) is 22.7 Å². The molecule has 1 aromatic carbocycles. The smallest absolute Gasteiger partial charge is 0.173 e. The van der Waals surface area contributed by atoms with Gasteiger partial charge in [0.1, 0.15) is 18.0 Å². The molecular formula is C12H10FN3O2S. The minimum atomic E-state index is -3.16. The van der Waals surface area contributed by atoms with E-state index in [1.165, 1.54) is 18.5 Å². The fraction of sp³-hybridized carbons (Fsp3) is 0.167. The number of benzene rings is 1. The third-order valence-corrected chi connectivity index (χ3v) is 4.26. The van der Waals surface area contributed by atoms with E-state index in [2.05, 4.69) is 15.3 Å². The standard InChI is InChI=1S/C12H10FN3O2S/c13-9-2-1-3-10-11(9)12(15-7-14-10)16-8-4-5-19(17,18)6-8/h1-5,7-8H,6H2,(H,14,15,16). The van der Waals surface area contributed by atoms with Crippen molar-refractivity contribution in [3.63, 3.8) is 0 Å². The number of fused-ring (bicyclic) bond motifs is 1. The van der Waals surface area contributed by atoms with E-state index in [1.54, 1.807) is 12.1 Å². The number of aromatic nitrogens is 2. The van der Waals surface area contributed by atoms with Crippen molar-refractivity contribution in [2.75, 3.05) is 11.1 Å². The molecule has 0 radical (unpaired) electrons. The van der Waals surface area contributed by atoms with Gasteiger partial charge >= 0.3 is 0 Å². The second-order valence-corrected chi connectivity index (χ2v) is 6.20. The molecule has 1 unspecified atom stereocenters. The summed E-state index contributed by atoms with van der Waals surface area (Å²) in [7, 11) is -3.16. The van der Waals surface area contributed by atoms with Gasteiger partial charge in [-0.05, 0) is 18.2 Å². The first kappa shape index (κ1) is 12.0. The molecule has 5 nitrogen and oxygen atoms in total. The molecule has 0 spiro atoms. The fourth-order valence-electron chi connectivity index (χ4n) is 2.02. The Morgan fingerprint density at radius 2 is 2.16 bits per heavy atom. The summed E-state index contributed by atoms with van der Waals surface area (Å²) in [5.74, 6) is -0.187. The molecule has 0 saturated heterocycles. The maximum Gasteiger partial charge on any atom is 0.173 e. The lowest BCUT2D eigenvalue weighted by Gasteiger charge is -2.12. The summed E-state index contributed by atoms with van der Waals surface area (Å²) in [6.45, 7) is 0. The summed E-state index contributed by atoms with van der Waals surface area (Å²) in [4.78, 5) is 7.97. The van der Waals surface area contributed by atoms with Crippen LogP contribution in [0.2, 0.25) is 0 Å². The molecule has 0 fully saturated rings. The SMILES string of the molecule is O=S1(=O)C=CC(Nc2ncnc3cccc(F)c23)C1. The van der Waals surface area contributed by atoms with Crippen molar-refractivity contribution < 1.29 is 12.8 Å². The van der Waals surface area contributed by atoms with E-state index in [0.717, 1.165) is 5.41 Å². The van der Waals surface area contributed by atoms with Crippen LogP contribution in [0.1, 0.15) is 0 Å². The summed E-state index contributed by atoms with van der Waals surface area (Å²) in [6, 6.07) is 4.15. The van der Waals surface area contributed by atoms with Crippen LogP contribution >= 0.6 is 0 Å². The van der Waals surface area contributed by atoms with Crippen LogP contribution in [0, 0.1) is 5.82 Å². The van der Waals surface area contributed by atoms with Crippen molar-refractivity contribution in [2.24, 2.45) is 0 Å². The average molecular weight is 279 g/mol. The molecule has 3 rings (SSSR count). The van der Waals surface area contributed by atoms with Crippen LogP contribution in [0.15, 0.2) is 36.0 Å². The molecule has 2 aromatic rings. The number of halogens is 1. The molecule has 0 saturated carbocycles. The maximum absolute atomic E-state index is 13.8. The quantitative estimate of drug-likeness (QED) is 0.901. The summed E-state index contributed by atoms with van der Waals surface area (Å²) in [5.41, 5.74) is 0.474. The summed E-state index contributed by atoms with van der Waals surface area (Å²) >= 11 is 0. The van der Waals surface area contributed by atoms with Crippen molar-refractivity contribution in [3.8, 4) is 0 Å². The van der Waals surface area contributed by atoms with E-state index < -0.39 is 21.7 Å². The minimum absolute atomic E-state index is 0.0487. The molecule has 0 amide bonds. The average Bonchev–Trinajstić information content (AvgIpc) is 2.69. The van der Waals surface area contributed by atoms with Gasteiger partial charge in [0, 0.05) is 5.41 Å². The van der Waals surface area contributed by atoms with Gasteiger partial charge in [-0.2, -0.15) is 0 Å². The Hall–Kier alpha value is -2.02. The van der Waals surface area contributed by atoms with Crippen molar-refractivity contribution >= 4 is 26.6 Å². The first-order chi connectivity index (χ1) is 9.05. The molecule has 0 aliphatic carbocycles. The molecule has 1 aromatic heterocycles. The minimum Gasteiger partial charge on any atom is -0.362 e. The summed E-state index contributed by atoms with van der Waals surface area (Å²) < 4.78 is 36.5. The molecule has 1 aliphatic rings. The van der Waals surface area contributed by atoms with Gasteiger partial charge in [-0.3, -0.25) is 0 Å². The van der Waals surface area contributed by atoms with Gasteiger partial charge in [0.25, 0.3) is 0 Å². The van der Waals surface area contributed by atoms with Crippen LogP contribution in [0.4, 0.5) is 10.2 Å². The predicted molar refractivity (Wildman–Crippen MR) is 69.8 cm³/mol. The highest BCUT2D eigenvalue weighted by Crippen LogP contribution is 2.24. The largest absolute Gasteiger partial charge is 0.362 e. The van der Waals surface area contributed by atoms with Gasteiger partial charge in [-0.1, -0.05) is 6.07 Å². The highest BCUT2D eigenvalue weighted by Gasteiger charge is 2.22. The highest BCUT2D eigenvalue weighted by molar-refractivity contribution is 7.94. The van der Waals surface area contributed by atoms with E-state index in [-0.39, 0.29) is 11.1 Å². The van der Waals surface area contributed by atoms with Crippen LogP contribution in [0.25, 0.3) is 10.9 Å². The van der Waals surface area contributed by atoms with Crippen LogP contribution in [-0.2, 0) is 9.84 Å². The van der Waals surface area contributed by atoms with Crippen molar-refractivity contribution in [1.82, 2.24) is 9.97 Å². The van der Waals surface area contributed by atoms with E-state index in [4.69, 9.17) is 0 Å². The van der Waals surface area contributed by atoms with E-state index in [9.17, 15) is 12.8 Å². The molecule has 98 valence electrons.